The number of carbonyl (C=O) groups is 1. The molecule has 0 amide bonds. The fourth-order valence-corrected chi connectivity index (χ4v) is 5.40. The molecule has 0 saturated carbocycles. The zero-order valence-electron chi connectivity index (χ0n) is 19.5. The number of Topliss-reactive ketones (excluding diaryl/α,β-unsaturated/α-hetero) is 1. The summed E-state index contributed by atoms with van der Waals surface area (Å²) >= 11 is 0. The minimum atomic E-state index is -4.41. The van der Waals surface area contributed by atoms with E-state index in [2.05, 4.69) is 45.6 Å². The third kappa shape index (κ3) is 4.03. The third-order valence-electron chi connectivity index (χ3n) is 7.11. The average molecular weight is 488 g/mol. The molecule has 7 heteroatoms. The molecule has 4 nitrogen and oxygen atoms in total. The maximum Gasteiger partial charge on any atom is 0.416 e. The quantitative estimate of drug-likeness (QED) is 0.413. The predicted molar refractivity (Wildman–Crippen MR) is 133 cm³/mol. The number of fused-ring (bicyclic) bond motifs is 5. The second kappa shape index (κ2) is 8.75. The monoisotopic (exact) mass is 487 g/mol. The van der Waals surface area contributed by atoms with Crippen LogP contribution < -0.4 is 15.8 Å². The number of benzene rings is 3. The van der Waals surface area contributed by atoms with Crippen LogP contribution in [-0.4, -0.2) is 22.3 Å². The standard InChI is InChI=1S/C29H24F3N3O/c30-29(31,32)18-9-13-25-26(14-18)35-28(34-25)16-33-15-27(36)24-7-3-6-20-22-10-8-17-4-1-2-5-19(17)21(22)11-12-23(20)24/h3-4,6-10,12-14,33H,1-2,5,11,15-16H2,(H,34,35). The molecule has 2 aliphatic rings. The number of rotatable bonds is 5. The molecule has 182 valence electrons. The maximum absolute atomic E-state index is 13.1. The molecule has 0 fully saturated rings. The SMILES string of the molecule is O=C(CNCc1nc2ccc(C(F)(F)F)cc2[nH]1)c1cccc2c1=CCc1c3c(ccc1=2)=CCCC3. The van der Waals surface area contributed by atoms with E-state index in [0.29, 0.717) is 22.4 Å². The van der Waals surface area contributed by atoms with Crippen LogP contribution in [0, 0.1) is 10.4 Å². The molecule has 0 unspecified atom stereocenters. The summed E-state index contributed by atoms with van der Waals surface area (Å²) in [6.45, 7) is 0.340. The van der Waals surface area contributed by atoms with Crippen LogP contribution in [0.5, 0.6) is 0 Å². The van der Waals surface area contributed by atoms with E-state index in [1.807, 2.05) is 12.1 Å². The highest BCUT2D eigenvalue weighted by Gasteiger charge is 2.30. The minimum absolute atomic E-state index is 0.0340. The maximum atomic E-state index is 13.1. The summed E-state index contributed by atoms with van der Waals surface area (Å²) in [5.41, 5.74) is 3.53. The van der Waals surface area contributed by atoms with E-state index in [-0.39, 0.29) is 18.9 Å². The molecular weight excluding hydrogens is 463 g/mol. The van der Waals surface area contributed by atoms with Gasteiger partial charge in [0.15, 0.2) is 5.78 Å². The summed E-state index contributed by atoms with van der Waals surface area (Å²) in [6.07, 6.45) is 4.29. The Hall–Kier alpha value is -3.71. The van der Waals surface area contributed by atoms with Crippen LogP contribution in [-0.2, 0) is 25.6 Å². The van der Waals surface area contributed by atoms with E-state index in [1.54, 1.807) is 0 Å². The van der Waals surface area contributed by atoms with Gasteiger partial charge in [0.1, 0.15) is 5.82 Å². The van der Waals surface area contributed by atoms with Crippen LogP contribution in [0.1, 0.15) is 45.7 Å². The molecule has 36 heavy (non-hydrogen) atoms. The second-order valence-electron chi connectivity index (χ2n) is 9.37. The number of alkyl halides is 3. The summed E-state index contributed by atoms with van der Waals surface area (Å²) in [6, 6.07) is 13.7. The van der Waals surface area contributed by atoms with Gasteiger partial charge < -0.3 is 10.3 Å². The molecule has 2 aliphatic carbocycles. The van der Waals surface area contributed by atoms with Crippen LogP contribution in [0.2, 0.25) is 0 Å². The molecule has 1 heterocycles. The van der Waals surface area contributed by atoms with E-state index < -0.39 is 11.7 Å². The van der Waals surface area contributed by atoms with Crippen LogP contribution in [0.15, 0.2) is 48.5 Å². The van der Waals surface area contributed by atoms with Gasteiger partial charge in [-0.1, -0.05) is 42.5 Å². The number of aromatic amines is 1. The van der Waals surface area contributed by atoms with Gasteiger partial charge in [0.2, 0.25) is 0 Å². The van der Waals surface area contributed by atoms with Crippen molar-refractivity contribution in [1.29, 1.82) is 0 Å². The summed E-state index contributed by atoms with van der Waals surface area (Å²) in [5.74, 6) is 0.447. The van der Waals surface area contributed by atoms with Crippen molar-refractivity contribution in [2.75, 3.05) is 6.54 Å². The molecule has 4 aromatic rings. The van der Waals surface area contributed by atoms with Crippen molar-refractivity contribution in [3.05, 3.63) is 97.5 Å². The lowest BCUT2D eigenvalue weighted by molar-refractivity contribution is -0.137. The van der Waals surface area contributed by atoms with Crippen LogP contribution in [0.25, 0.3) is 23.2 Å². The summed E-state index contributed by atoms with van der Waals surface area (Å²) in [7, 11) is 0. The lowest BCUT2D eigenvalue weighted by Gasteiger charge is -2.17. The summed E-state index contributed by atoms with van der Waals surface area (Å²) in [5, 5.41) is 7.71. The zero-order valence-corrected chi connectivity index (χ0v) is 19.5. The fraction of sp³-hybridized carbons (Fsp3) is 0.241. The number of carbonyl (C=O) groups excluding carboxylic acids is 1. The molecule has 2 N–H and O–H groups in total. The van der Waals surface area contributed by atoms with Gasteiger partial charge in [-0.15, -0.1) is 0 Å². The second-order valence-corrected chi connectivity index (χ2v) is 9.37. The van der Waals surface area contributed by atoms with Gasteiger partial charge in [0.05, 0.1) is 29.7 Å². The van der Waals surface area contributed by atoms with Gasteiger partial charge in [-0.2, -0.15) is 13.2 Å². The Morgan fingerprint density at radius 3 is 2.78 bits per heavy atom. The highest BCUT2D eigenvalue weighted by molar-refractivity contribution is 5.98. The number of nitrogens with one attached hydrogen (secondary N) is 2. The Kier molecular flexibility index (Phi) is 5.52. The van der Waals surface area contributed by atoms with Crippen molar-refractivity contribution in [1.82, 2.24) is 15.3 Å². The highest BCUT2D eigenvalue weighted by atomic mass is 19.4. The summed E-state index contributed by atoms with van der Waals surface area (Å²) in [4.78, 5) is 20.4. The van der Waals surface area contributed by atoms with E-state index in [4.69, 9.17) is 0 Å². The third-order valence-corrected chi connectivity index (χ3v) is 7.11. The predicted octanol–water partition coefficient (Wildman–Crippen LogP) is 4.29. The summed E-state index contributed by atoms with van der Waals surface area (Å²) < 4.78 is 38.9. The molecule has 0 saturated heterocycles. The van der Waals surface area contributed by atoms with E-state index in [1.165, 1.54) is 34.1 Å². The first-order valence-electron chi connectivity index (χ1n) is 12.1. The van der Waals surface area contributed by atoms with Crippen LogP contribution in [0.3, 0.4) is 0 Å². The normalized spacial score (nSPS) is 14.4. The van der Waals surface area contributed by atoms with Gasteiger partial charge in [-0.3, -0.25) is 4.79 Å². The van der Waals surface area contributed by atoms with Gasteiger partial charge in [0, 0.05) is 5.56 Å². The molecule has 1 aromatic heterocycles. The van der Waals surface area contributed by atoms with E-state index in [9.17, 15) is 18.0 Å². The Morgan fingerprint density at radius 2 is 1.92 bits per heavy atom. The van der Waals surface area contributed by atoms with Gasteiger partial charge in [0.25, 0.3) is 0 Å². The first kappa shape index (κ1) is 22.7. The van der Waals surface area contributed by atoms with Crippen molar-refractivity contribution < 1.29 is 18.0 Å². The molecule has 0 bridgehead atoms. The number of halogens is 3. The molecule has 0 aliphatic heterocycles. The topological polar surface area (TPSA) is 57.8 Å². The number of nitrogens with zero attached hydrogens (tertiary/aromatic N) is 1. The van der Waals surface area contributed by atoms with Gasteiger partial charge in [-0.05, 0) is 75.9 Å². The number of hydrogen-bond donors (Lipinski definition) is 2. The fourth-order valence-electron chi connectivity index (χ4n) is 5.40. The highest BCUT2D eigenvalue weighted by Crippen LogP contribution is 2.30. The van der Waals surface area contributed by atoms with Gasteiger partial charge in [-0.25, -0.2) is 4.98 Å². The van der Waals surface area contributed by atoms with E-state index >= 15 is 0 Å². The molecule has 0 atom stereocenters. The number of hydrogen-bond acceptors (Lipinski definition) is 3. The molecule has 3 aromatic carbocycles. The largest absolute Gasteiger partial charge is 0.416 e. The molecule has 0 spiro atoms. The number of imidazole rings is 1. The number of ketones is 1. The van der Waals surface area contributed by atoms with E-state index in [0.717, 1.165) is 41.8 Å². The molecular formula is C29H24F3N3O. The smallest absolute Gasteiger partial charge is 0.341 e. The Balaban J connectivity index is 1.24. The average Bonchev–Trinajstić information content (AvgIpc) is 3.29. The van der Waals surface area contributed by atoms with Crippen LogP contribution in [0.4, 0.5) is 13.2 Å². The first-order valence-corrected chi connectivity index (χ1v) is 12.1. The van der Waals surface area contributed by atoms with Crippen molar-refractivity contribution in [2.24, 2.45) is 0 Å². The Morgan fingerprint density at radius 1 is 1.03 bits per heavy atom. The Bertz CT molecular complexity index is 1730. The van der Waals surface area contributed by atoms with Crippen LogP contribution >= 0.6 is 0 Å². The Labute approximate surface area is 204 Å². The van der Waals surface area contributed by atoms with Crippen molar-refractivity contribution in [3.8, 4) is 0 Å². The number of aromatic nitrogens is 2. The minimum Gasteiger partial charge on any atom is -0.341 e. The zero-order chi connectivity index (χ0) is 24.9. The van der Waals surface area contributed by atoms with Crippen molar-refractivity contribution in [3.63, 3.8) is 0 Å². The van der Waals surface area contributed by atoms with Gasteiger partial charge >= 0.3 is 6.18 Å². The number of H-pyrrole nitrogens is 1. The lowest BCUT2D eigenvalue weighted by atomic mass is 9.88. The lowest BCUT2D eigenvalue weighted by Crippen LogP contribution is -2.29. The first-order chi connectivity index (χ1) is 17.4. The molecule has 0 radical (unpaired) electrons. The van der Waals surface area contributed by atoms with Crippen molar-refractivity contribution >= 4 is 29.0 Å². The molecule has 6 rings (SSSR count). The van der Waals surface area contributed by atoms with Crippen molar-refractivity contribution in [2.45, 2.75) is 38.4 Å².